The third-order valence-corrected chi connectivity index (χ3v) is 3.80. The first-order chi connectivity index (χ1) is 10.9. The van der Waals surface area contributed by atoms with Gasteiger partial charge in [0.15, 0.2) is 0 Å². The van der Waals surface area contributed by atoms with Crippen LogP contribution in [-0.4, -0.2) is 23.0 Å². The summed E-state index contributed by atoms with van der Waals surface area (Å²) >= 11 is 12.0. The number of carboxylic acids is 1. The highest BCUT2D eigenvalue weighted by molar-refractivity contribution is 6.40. The Morgan fingerprint density at radius 2 is 1.65 bits per heavy atom. The topological polar surface area (TPSA) is 92.4 Å². The molecule has 0 unspecified atom stereocenters. The molecule has 2 aromatic carbocycles. The van der Waals surface area contributed by atoms with Crippen molar-refractivity contribution in [3.8, 4) is 0 Å². The van der Waals surface area contributed by atoms with Gasteiger partial charge in [0, 0.05) is 5.69 Å². The summed E-state index contributed by atoms with van der Waals surface area (Å²) in [7, 11) is 0. The summed E-state index contributed by atoms with van der Waals surface area (Å²) in [6, 6.07) is 10.6. The molecule has 2 rings (SSSR count). The molecule has 0 saturated carbocycles. The number of aliphatic carboxylic acids is 1. The molecule has 4 N–H and O–H groups in total. The third-order valence-electron chi connectivity index (χ3n) is 3.17. The largest absolute Gasteiger partial charge is 0.480 e. The van der Waals surface area contributed by atoms with E-state index in [1.165, 1.54) is 0 Å². The van der Waals surface area contributed by atoms with E-state index >= 15 is 0 Å². The van der Waals surface area contributed by atoms with Crippen LogP contribution in [0.1, 0.15) is 15.9 Å². The predicted octanol–water partition coefficient (Wildman–Crippen LogP) is 3.20. The van der Waals surface area contributed by atoms with Gasteiger partial charge in [0.25, 0.3) is 5.91 Å². The fourth-order valence-corrected chi connectivity index (χ4v) is 2.54. The summed E-state index contributed by atoms with van der Waals surface area (Å²) in [5.41, 5.74) is 6.98. The lowest BCUT2D eigenvalue weighted by Gasteiger charge is -2.10. The Labute approximate surface area is 143 Å². The number of nitrogens with one attached hydrogen (secondary N) is 1. The number of carboxylic acid groups (broad SMARTS) is 1. The summed E-state index contributed by atoms with van der Waals surface area (Å²) in [6.45, 7) is 0. The van der Waals surface area contributed by atoms with Gasteiger partial charge >= 0.3 is 5.97 Å². The minimum Gasteiger partial charge on any atom is -0.480 e. The Kier molecular flexibility index (Phi) is 5.60. The Bertz CT molecular complexity index is 712. The van der Waals surface area contributed by atoms with Crippen molar-refractivity contribution in [1.29, 1.82) is 0 Å². The lowest BCUT2D eigenvalue weighted by atomic mass is 10.1. The Morgan fingerprint density at radius 1 is 1.09 bits per heavy atom. The minimum absolute atomic E-state index is 0.202. The molecule has 2 aromatic rings. The molecule has 0 radical (unpaired) electrons. The molecule has 0 heterocycles. The summed E-state index contributed by atoms with van der Waals surface area (Å²) in [5, 5.41) is 12.0. The van der Waals surface area contributed by atoms with Crippen LogP contribution < -0.4 is 11.1 Å². The fraction of sp³-hybridized carbons (Fsp3) is 0.125. The summed E-state index contributed by atoms with van der Waals surface area (Å²) < 4.78 is 0. The number of halogens is 2. The van der Waals surface area contributed by atoms with Crippen LogP contribution >= 0.6 is 23.2 Å². The van der Waals surface area contributed by atoms with Crippen LogP contribution in [0.4, 0.5) is 5.69 Å². The number of hydrogen-bond donors (Lipinski definition) is 3. The number of rotatable bonds is 5. The molecular formula is C16H14Cl2N2O3. The van der Waals surface area contributed by atoms with Gasteiger partial charge in [0.1, 0.15) is 6.04 Å². The van der Waals surface area contributed by atoms with E-state index in [0.29, 0.717) is 5.69 Å². The second-order valence-corrected chi connectivity index (χ2v) is 5.71. The van der Waals surface area contributed by atoms with E-state index in [2.05, 4.69) is 5.32 Å². The zero-order valence-electron chi connectivity index (χ0n) is 11.9. The van der Waals surface area contributed by atoms with Gasteiger partial charge in [-0.1, -0.05) is 41.4 Å². The van der Waals surface area contributed by atoms with Gasteiger partial charge in [-0.15, -0.1) is 0 Å². The lowest BCUT2D eigenvalue weighted by molar-refractivity contribution is -0.138. The second-order valence-electron chi connectivity index (χ2n) is 4.90. The molecule has 7 heteroatoms. The molecule has 23 heavy (non-hydrogen) atoms. The molecule has 0 aromatic heterocycles. The number of amides is 1. The van der Waals surface area contributed by atoms with E-state index in [0.717, 1.165) is 5.56 Å². The van der Waals surface area contributed by atoms with E-state index in [9.17, 15) is 9.59 Å². The van der Waals surface area contributed by atoms with Crippen molar-refractivity contribution < 1.29 is 14.7 Å². The molecule has 0 fully saturated rings. The molecule has 0 saturated heterocycles. The van der Waals surface area contributed by atoms with Crippen molar-refractivity contribution in [2.75, 3.05) is 5.32 Å². The molecule has 120 valence electrons. The van der Waals surface area contributed by atoms with Crippen LogP contribution in [0.5, 0.6) is 0 Å². The van der Waals surface area contributed by atoms with Gasteiger partial charge < -0.3 is 16.2 Å². The second kappa shape index (κ2) is 7.46. The van der Waals surface area contributed by atoms with Gasteiger partial charge in [-0.2, -0.15) is 0 Å². The van der Waals surface area contributed by atoms with Gasteiger partial charge in [-0.3, -0.25) is 9.59 Å². The monoisotopic (exact) mass is 352 g/mol. The molecular weight excluding hydrogens is 339 g/mol. The van der Waals surface area contributed by atoms with E-state index < -0.39 is 17.9 Å². The SMILES string of the molecule is N[C@H](Cc1ccc(NC(=O)c2c(Cl)cccc2Cl)cc1)C(=O)O. The maximum Gasteiger partial charge on any atom is 0.320 e. The van der Waals surface area contributed by atoms with Crippen molar-refractivity contribution in [2.24, 2.45) is 5.73 Å². The molecule has 0 aliphatic heterocycles. The van der Waals surface area contributed by atoms with Crippen molar-refractivity contribution >= 4 is 40.8 Å². The number of carbonyl (C=O) groups excluding carboxylic acids is 1. The highest BCUT2D eigenvalue weighted by atomic mass is 35.5. The smallest absolute Gasteiger partial charge is 0.320 e. The van der Waals surface area contributed by atoms with Crippen LogP contribution in [-0.2, 0) is 11.2 Å². The zero-order valence-corrected chi connectivity index (χ0v) is 13.4. The van der Waals surface area contributed by atoms with Crippen molar-refractivity contribution in [3.05, 3.63) is 63.6 Å². The van der Waals surface area contributed by atoms with E-state index in [-0.39, 0.29) is 22.0 Å². The van der Waals surface area contributed by atoms with Crippen molar-refractivity contribution in [2.45, 2.75) is 12.5 Å². The number of hydrogen-bond acceptors (Lipinski definition) is 3. The molecule has 1 amide bonds. The van der Waals surface area contributed by atoms with Crippen molar-refractivity contribution in [1.82, 2.24) is 0 Å². The minimum atomic E-state index is -1.06. The predicted molar refractivity (Wildman–Crippen MR) is 90.2 cm³/mol. The maximum absolute atomic E-state index is 12.2. The van der Waals surface area contributed by atoms with Gasteiger partial charge in [-0.25, -0.2) is 0 Å². The first kappa shape index (κ1) is 17.3. The molecule has 0 bridgehead atoms. The maximum atomic E-state index is 12.2. The summed E-state index contributed by atoms with van der Waals surface area (Å²) in [6.07, 6.45) is 0.208. The quantitative estimate of drug-likeness (QED) is 0.770. The standard InChI is InChI=1S/C16H14Cl2N2O3/c17-11-2-1-3-12(18)14(11)15(21)20-10-6-4-9(5-7-10)8-13(19)16(22)23/h1-7,13H,8,19H2,(H,20,21)(H,22,23)/t13-/m1/s1. The van der Waals surface area contributed by atoms with Gasteiger partial charge in [-0.05, 0) is 36.2 Å². The van der Waals surface area contributed by atoms with Crippen LogP contribution in [0.25, 0.3) is 0 Å². The normalized spacial score (nSPS) is 11.8. The lowest BCUT2D eigenvalue weighted by Crippen LogP contribution is -2.32. The average molecular weight is 353 g/mol. The fourth-order valence-electron chi connectivity index (χ4n) is 1.97. The number of anilines is 1. The van der Waals surface area contributed by atoms with Gasteiger partial charge in [0.05, 0.1) is 15.6 Å². The highest BCUT2D eigenvalue weighted by Gasteiger charge is 2.15. The number of carbonyl (C=O) groups is 2. The van der Waals surface area contributed by atoms with Crippen LogP contribution in [0.2, 0.25) is 10.0 Å². The zero-order chi connectivity index (χ0) is 17.0. The Balaban J connectivity index is 2.09. The Hall–Kier alpha value is -2.08. The first-order valence-electron chi connectivity index (χ1n) is 6.71. The highest BCUT2D eigenvalue weighted by Crippen LogP contribution is 2.25. The van der Waals surface area contributed by atoms with Crippen molar-refractivity contribution in [3.63, 3.8) is 0 Å². The molecule has 0 spiro atoms. The van der Waals surface area contributed by atoms with E-state index in [1.807, 2.05) is 0 Å². The molecule has 0 aliphatic rings. The van der Waals surface area contributed by atoms with Crippen LogP contribution in [0, 0.1) is 0 Å². The molecule has 1 atom stereocenters. The van der Waals surface area contributed by atoms with Crippen LogP contribution in [0.3, 0.4) is 0 Å². The van der Waals surface area contributed by atoms with Gasteiger partial charge in [0.2, 0.25) is 0 Å². The average Bonchev–Trinajstić information content (AvgIpc) is 2.49. The van der Waals surface area contributed by atoms with E-state index in [1.54, 1.807) is 42.5 Å². The number of nitrogens with two attached hydrogens (primary N) is 1. The summed E-state index contributed by atoms with van der Waals surface area (Å²) in [5.74, 6) is -1.48. The van der Waals surface area contributed by atoms with Crippen LogP contribution in [0.15, 0.2) is 42.5 Å². The van der Waals surface area contributed by atoms with E-state index in [4.69, 9.17) is 34.0 Å². The summed E-state index contributed by atoms with van der Waals surface area (Å²) in [4.78, 5) is 23.0. The third kappa shape index (κ3) is 4.45. The Morgan fingerprint density at radius 3 is 2.17 bits per heavy atom. The number of benzene rings is 2. The molecule has 0 aliphatic carbocycles. The first-order valence-corrected chi connectivity index (χ1v) is 7.46. The molecule has 5 nitrogen and oxygen atoms in total.